The van der Waals surface area contributed by atoms with Crippen LogP contribution in [0.15, 0.2) is 6.33 Å². The van der Waals surface area contributed by atoms with Gasteiger partial charge in [-0.3, -0.25) is 0 Å². The average molecular weight is 219 g/mol. The standard InChI is InChI=1S/C12H17N3O/c1-2-10-11(3-1)14-8-15-12(10)16-7-9-4-5-13-6-9/h8-9,13H,1-7H2. The maximum Gasteiger partial charge on any atom is 0.219 e. The van der Waals surface area contributed by atoms with Gasteiger partial charge in [-0.1, -0.05) is 0 Å². The Morgan fingerprint density at radius 2 is 2.38 bits per heavy atom. The van der Waals surface area contributed by atoms with E-state index in [4.69, 9.17) is 4.74 Å². The monoisotopic (exact) mass is 219 g/mol. The maximum atomic E-state index is 5.84. The van der Waals surface area contributed by atoms with Crippen LogP contribution in [-0.4, -0.2) is 29.7 Å². The smallest absolute Gasteiger partial charge is 0.219 e. The number of hydrogen-bond acceptors (Lipinski definition) is 4. The summed E-state index contributed by atoms with van der Waals surface area (Å²) in [6.07, 6.45) is 6.20. The first kappa shape index (κ1) is 10.0. The minimum absolute atomic E-state index is 0.645. The number of nitrogens with one attached hydrogen (secondary N) is 1. The lowest BCUT2D eigenvalue weighted by atomic mass is 10.1. The summed E-state index contributed by atoms with van der Waals surface area (Å²) in [7, 11) is 0. The van der Waals surface area contributed by atoms with Gasteiger partial charge in [0.25, 0.3) is 0 Å². The third kappa shape index (κ3) is 1.89. The van der Waals surface area contributed by atoms with Crippen molar-refractivity contribution < 1.29 is 4.74 Å². The summed E-state index contributed by atoms with van der Waals surface area (Å²) in [5.74, 6) is 1.47. The van der Waals surface area contributed by atoms with Gasteiger partial charge < -0.3 is 10.1 Å². The van der Waals surface area contributed by atoms with Gasteiger partial charge in [0.1, 0.15) is 6.33 Å². The minimum atomic E-state index is 0.645. The molecule has 3 rings (SSSR count). The van der Waals surface area contributed by atoms with Crippen LogP contribution in [0.3, 0.4) is 0 Å². The third-order valence-corrected chi connectivity index (χ3v) is 3.45. The van der Waals surface area contributed by atoms with Crippen LogP contribution >= 0.6 is 0 Å². The highest BCUT2D eigenvalue weighted by atomic mass is 16.5. The van der Waals surface area contributed by atoms with Crippen LogP contribution in [0.4, 0.5) is 0 Å². The van der Waals surface area contributed by atoms with Crippen LogP contribution in [-0.2, 0) is 12.8 Å². The van der Waals surface area contributed by atoms with E-state index in [1.165, 1.54) is 24.1 Å². The lowest BCUT2D eigenvalue weighted by molar-refractivity contribution is 0.248. The van der Waals surface area contributed by atoms with Gasteiger partial charge in [0, 0.05) is 18.0 Å². The zero-order valence-corrected chi connectivity index (χ0v) is 9.41. The number of nitrogens with zero attached hydrogens (tertiary/aromatic N) is 2. The molecule has 4 heteroatoms. The van der Waals surface area contributed by atoms with E-state index in [1.807, 2.05) is 0 Å². The van der Waals surface area contributed by atoms with Crippen molar-refractivity contribution in [2.75, 3.05) is 19.7 Å². The van der Waals surface area contributed by atoms with Crippen molar-refractivity contribution in [1.29, 1.82) is 0 Å². The molecule has 2 heterocycles. The van der Waals surface area contributed by atoms with E-state index in [1.54, 1.807) is 6.33 Å². The zero-order valence-electron chi connectivity index (χ0n) is 9.41. The van der Waals surface area contributed by atoms with Gasteiger partial charge in [-0.05, 0) is 32.2 Å². The molecule has 0 bridgehead atoms. The third-order valence-electron chi connectivity index (χ3n) is 3.45. The van der Waals surface area contributed by atoms with Gasteiger partial charge in [-0.2, -0.15) is 0 Å². The highest BCUT2D eigenvalue weighted by Crippen LogP contribution is 2.27. The fourth-order valence-electron chi connectivity index (χ4n) is 2.51. The predicted molar refractivity (Wildman–Crippen MR) is 60.5 cm³/mol. The first-order chi connectivity index (χ1) is 7.93. The number of aromatic nitrogens is 2. The van der Waals surface area contributed by atoms with E-state index < -0.39 is 0 Å². The van der Waals surface area contributed by atoms with Crippen LogP contribution in [0.25, 0.3) is 0 Å². The Kier molecular flexibility index (Phi) is 2.74. The fraction of sp³-hybridized carbons (Fsp3) is 0.667. The normalized spacial score (nSPS) is 23.4. The molecule has 0 aromatic carbocycles. The molecule has 0 radical (unpaired) electrons. The Morgan fingerprint density at radius 1 is 1.38 bits per heavy atom. The molecule has 1 aromatic heterocycles. The molecule has 0 spiro atoms. The molecule has 1 saturated heterocycles. The molecule has 86 valence electrons. The van der Waals surface area contributed by atoms with Crippen LogP contribution in [0.5, 0.6) is 5.88 Å². The molecular formula is C12H17N3O. The molecule has 1 aliphatic heterocycles. The number of rotatable bonds is 3. The molecule has 0 amide bonds. The molecule has 1 aliphatic carbocycles. The lowest BCUT2D eigenvalue weighted by Gasteiger charge is -2.12. The van der Waals surface area contributed by atoms with E-state index in [0.717, 1.165) is 38.4 Å². The molecule has 1 fully saturated rings. The SMILES string of the molecule is c1nc2c(c(OCC3CCNC3)n1)CCC2. The van der Waals surface area contributed by atoms with Crippen molar-refractivity contribution in [1.82, 2.24) is 15.3 Å². The van der Waals surface area contributed by atoms with Crippen molar-refractivity contribution in [2.45, 2.75) is 25.7 Å². The van der Waals surface area contributed by atoms with Gasteiger partial charge in [0.15, 0.2) is 0 Å². The molecule has 1 aromatic rings. The first-order valence-electron chi connectivity index (χ1n) is 6.10. The highest BCUT2D eigenvalue weighted by molar-refractivity contribution is 5.33. The number of aryl methyl sites for hydroxylation is 1. The Balaban J connectivity index is 1.67. The van der Waals surface area contributed by atoms with E-state index in [2.05, 4.69) is 15.3 Å². The average Bonchev–Trinajstić information content (AvgIpc) is 2.97. The molecule has 4 nitrogen and oxygen atoms in total. The lowest BCUT2D eigenvalue weighted by Crippen LogP contribution is -2.16. The summed E-state index contributed by atoms with van der Waals surface area (Å²) in [6, 6.07) is 0. The van der Waals surface area contributed by atoms with Crippen molar-refractivity contribution >= 4 is 0 Å². The summed E-state index contributed by atoms with van der Waals surface area (Å²) in [4.78, 5) is 8.55. The second kappa shape index (κ2) is 4.37. The van der Waals surface area contributed by atoms with Crippen molar-refractivity contribution in [3.05, 3.63) is 17.6 Å². The Hall–Kier alpha value is -1.16. The quantitative estimate of drug-likeness (QED) is 0.822. The predicted octanol–water partition coefficient (Wildman–Crippen LogP) is 0.954. The van der Waals surface area contributed by atoms with Gasteiger partial charge in [0.05, 0.1) is 12.3 Å². The number of hydrogen-bond donors (Lipinski definition) is 1. The summed E-state index contributed by atoms with van der Waals surface area (Å²) in [5.41, 5.74) is 2.43. The van der Waals surface area contributed by atoms with Crippen LogP contribution in [0.2, 0.25) is 0 Å². The van der Waals surface area contributed by atoms with E-state index >= 15 is 0 Å². The molecule has 16 heavy (non-hydrogen) atoms. The largest absolute Gasteiger partial charge is 0.477 e. The summed E-state index contributed by atoms with van der Waals surface area (Å²) in [5, 5.41) is 3.35. The minimum Gasteiger partial charge on any atom is -0.477 e. The molecule has 1 unspecified atom stereocenters. The second-order valence-electron chi connectivity index (χ2n) is 4.63. The molecule has 2 aliphatic rings. The van der Waals surface area contributed by atoms with E-state index in [9.17, 15) is 0 Å². The van der Waals surface area contributed by atoms with Crippen molar-refractivity contribution in [2.24, 2.45) is 5.92 Å². The summed E-state index contributed by atoms with van der Waals surface area (Å²) < 4.78 is 5.84. The molecular weight excluding hydrogens is 202 g/mol. The van der Waals surface area contributed by atoms with Crippen LogP contribution < -0.4 is 10.1 Å². The first-order valence-corrected chi connectivity index (χ1v) is 6.10. The molecule has 0 saturated carbocycles. The van der Waals surface area contributed by atoms with Gasteiger partial charge >= 0.3 is 0 Å². The Morgan fingerprint density at radius 3 is 3.25 bits per heavy atom. The van der Waals surface area contributed by atoms with E-state index in [0.29, 0.717) is 5.92 Å². The topological polar surface area (TPSA) is 47.0 Å². The van der Waals surface area contributed by atoms with E-state index in [-0.39, 0.29) is 0 Å². The second-order valence-corrected chi connectivity index (χ2v) is 4.63. The van der Waals surface area contributed by atoms with Gasteiger partial charge in [-0.15, -0.1) is 0 Å². The highest BCUT2D eigenvalue weighted by Gasteiger charge is 2.20. The number of fused-ring (bicyclic) bond motifs is 1. The van der Waals surface area contributed by atoms with Gasteiger partial charge in [-0.25, -0.2) is 9.97 Å². The molecule has 1 N–H and O–H groups in total. The molecule has 1 atom stereocenters. The summed E-state index contributed by atoms with van der Waals surface area (Å²) >= 11 is 0. The Labute approximate surface area is 95.4 Å². The maximum absolute atomic E-state index is 5.84. The Bertz CT molecular complexity index is 375. The van der Waals surface area contributed by atoms with Crippen LogP contribution in [0, 0.1) is 5.92 Å². The van der Waals surface area contributed by atoms with Crippen molar-refractivity contribution in [3.8, 4) is 5.88 Å². The van der Waals surface area contributed by atoms with Gasteiger partial charge in [0.2, 0.25) is 5.88 Å². The fourth-order valence-corrected chi connectivity index (χ4v) is 2.51. The van der Waals surface area contributed by atoms with Crippen LogP contribution in [0.1, 0.15) is 24.1 Å². The number of ether oxygens (including phenoxy) is 1. The summed E-state index contributed by atoms with van der Waals surface area (Å²) in [6.45, 7) is 2.99. The zero-order chi connectivity index (χ0) is 10.8. The van der Waals surface area contributed by atoms with Crippen molar-refractivity contribution in [3.63, 3.8) is 0 Å².